The van der Waals surface area contributed by atoms with Gasteiger partial charge in [-0.25, -0.2) is 0 Å². The van der Waals surface area contributed by atoms with E-state index in [-0.39, 0.29) is 0 Å². The quantitative estimate of drug-likeness (QED) is 0.247. The summed E-state index contributed by atoms with van der Waals surface area (Å²) >= 11 is 0. The molecule has 8 nitrogen and oxygen atoms in total. The van der Waals surface area contributed by atoms with Crippen molar-refractivity contribution in [2.45, 2.75) is 37.3 Å². The molecule has 0 aliphatic carbocycles. The molecule has 0 aromatic heterocycles. The second-order valence-corrected chi connectivity index (χ2v) is 3.57. The Bertz CT molecular complexity index is 271. The molecule has 0 spiro atoms. The summed E-state index contributed by atoms with van der Waals surface area (Å²) in [4.78, 5) is 10.7. The van der Waals surface area contributed by atoms with Crippen LogP contribution in [-0.4, -0.2) is 63.3 Å². The molecule has 5 atom stereocenters. The van der Waals surface area contributed by atoms with Gasteiger partial charge in [0.15, 0.2) is 0 Å². The van der Waals surface area contributed by atoms with Crippen LogP contribution in [0.25, 0.3) is 0 Å². The van der Waals surface area contributed by atoms with Crippen LogP contribution in [0.3, 0.4) is 0 Å². The summed E-state index contributed by atoms with van der Waals surface area (Å²) in [5.41, 5.74) is 5.37. The van der Waals surface area contributed by atoms with Crippen molar-refractivity contribution in [3.63, 3.8) is 0 Å². The number of hydrogen-bond donors (Lipinski definition) is 5. The monoisotopic (exact) mass is 237 g/mol. The van der Waals surface area contributed by atoms with Crippen LogP contribution >= 0.6 is 0 Å². The largest absolute Gasteiger partial charge is 0.407 e. The fraction of sp³-hybridized carbons (Fsp3) is 0.875. The van der Waals surface area contributed by atoms with Crippen molar-refractivity contribution in [1.82, 2.24) is 0 Å². The van der Waals surface area contributed by atoms with Gasteiger partial charge in [0.05, 0.1) is 6.61 Å². The van der Waals surface area contributed by atoms with Crippen molar-refractivity contribution in [1.29, 1.82) is 0 Å². The standard InChI is InChI=1S/C8H15NO7/c1-3(11)15-8(14)7(9)6(13)5(12)4(2-10)16-8/h4-7,10,12-14H,2,9H2,1H3/t4-,5-,6+,7-,8?/m1/s1. The van der Waals surface area contributed by atoms with Crippen molar-refractivity contribution >= 4 is 5.97 Å². The predicted octanol–water partition coefficient (Wildman–Crippen LogP) is -3.36. The van der Waals surface area contributed by atoms with Gasteiger partial charge >= 0.3 is 11.9 Å². The summed E-state index contributed by atoms with van der Waals surface area (Å²) in [6.07, 6.45) is -4.36. The molecule has 0 bridgehead atoms. The number of esters is 1. The van der Waals surface area contributed by atoms with Gasteiger partial charge in [0.25, 0.3) is 0 Å². The molecule has 8 heteroatoms. The number of rotatable bonds is 2. The van der Waals surface area contributed by atoms with Crippen LogP contribution in [0.5, 0.6) is 0 Å². The molecular weight excluding hydrogens is 222 g/mol. The van der Waals surface area contributed by atoms with E-state index in [9.17, 15) is 20.1 Å². The fourth-order valence-corrected chi connectivity index (χ4v) is 1.46. The second kappa shape index (κ2) is 4.62. The first-order valence-electron chi connectivity index (χ1n) is 4.64. The lowest BCUT2D eigenvalue weighted by Gasteiger charge is -2.44. The molecule has 0 aromatic rings. The number of nitrogens with two attached hydrogens (primary N) is 1. The topological polar surface area (TPSA) is 142 Å². The maximum atomic E-state index is 10.7. The summed E-state index contributed by atoms with van der Waals surface area (Å²) in [5.74, 6) is -3.43. The Labute approximate surface area is 91.2 Å². The first-order valence-corrected chi connectivity index (χ1v) is 4.64. The minimum Gasteiger partial charge on any atom is -0.407 e. The van der Waals surface area contributed by atoms with Crippen LogP contribution in [0.15, 0.2) is 0 Å². The first-order chi connectivity index (χ1) is 7.31. The summed E-state index contributed by atoms with van der Waals surface area (Å²) in [6, 6.07) is -1.53. The Kier molecular flexibility index (Phi) is 3.84. The van der Waals surface area contributed by atoms with Crippen LogP contribution in [0.4, 0.5) is 0 Å². The molecule has 1 rings (SSSR count). The van der Waals surface area contributed by atoms with Crippen molar-refractivity contribution in [3.8, 4) is 0 Å². The smallest absolute Gasteiger partial charge is 0.345 e. The summed E-state index contributed by atoms with van der Waals surface area (Å²) in [6.45, 7) is 0.341. The lowest BCUT2D eigenvalue weighted by atomic mass is 9.96. The number of aliphatic hydroxyl groups is 4. The minimum absolute atomic E-state index is 0.672. The molecule has 16 heavy (non-hydrogen) atoms. The zero-order valence-corrected chi connectivity index (χ0v) is 8.61. The summed E-state index contributed by atoms with van der Waals surface area (Å²) in [5, 5.41) is 37.5. The third kappa shape index (κ3) is 2.32. The fourth-order valence-electron chi connectivity index (χ4n) is 1.46. The molecule has 1 aliphatic heterocycles. The average molecular weight is 237 g/mol. The molecule has 94 valence electrons. The molecule has 6 N–H and O–H groups in total. The molecule has 1 fully saturated rings. The van der Waals surface area contributed by atoms with Crippen molar-refractivity contribution in [3.05, 3.63) is 0 Å². The Balaban J connectivity index is 2.89. The van der Waals surface area contributed by atoms with E-state index < -0.39 is 42.9 Å². The van der Waals surface area contributed by atoms with Gasteiger partial charge in [0.2, 0.25) is 0 Å². The highest BCUT2D eigenvalue weighted by molar-refractivity contribution is 5.66. The summed E-state index contributed by atoms with van der Waals surface area (Å²) < 4.78 is 9.19. The maximum Gasteiger partial charge on any atom is 0.345 e. The molecule has 1 unspecified atom stereocenters. The highest BCUT2D eigenvalue weighted by Crippen LogP contribution is 2.27. The van der Waals surface area contributed by atoms with E-state index >= 15 is 0 Å². The van der Waals surface area contributed by atoms with Crippen molar-refractivity contribution in [2.75, 3.05) is 6.61 Å². The van der Waals surface area contributed by atoms with Gasteiger partial charge < -0.3 is 35.6 Å². The summed E-state index contributed by atoms with van der Waals surface area (Å²) in [7, 11) is 0. The lowest BCUT2D eigenvalue weighted by Crippen LogP contribution is -2.69. The lowest BCUT2D eigenvalue weighted by molar-refractivity contribution is -0.406. The SMILES string of the molecule is CC(=O)OC1(O)O[C@H](CO)[C@@H](O)[C@H](O)[C@H]1N. The van der Waals surface area contributed by atoms with E-state index in [2.05, 4.69) is 4.74 Å². The van der Waals surface area contributed by atoms with E-state index in [1.54, 1.807) is 0 Å². The second-order valence-electron chi connectivity index (χ2n) is 3.57. The number of aliphatic hydroxyl groups excluding tert-OH is 3. The maximum absolute atomic E-state index is 10.7. The van der Waals surface area contributed by atoms with Gasteiger partial charge in [-0.2, -0.15) is 0 Å². The Morgan fingerprint density at radius 1 is 1.50 bits per heavy atom. The number of carbonyl (C=O) groups excluding carboxylic acids is 1. The van der Waals surface area contributed by atoms with E-state index in [1.807, 2.05) is 0 Å². The van der Waals surface area contributed by atoms with Gasteiger partial charge in [-0.3, -0.25) is 4.79 Å². The predicted molar refractivity (Wildman–Crippen MR) is 48.7 cm³/mol. The van der Waals surface area contributed by atoms with Gasteiger partial charge in [0, 0.05) is 6.92 Å². The first kappa shape index (κ1) is 13.3. The highest BCUT2D eigenvalue weighted by atomic mass is 16.8. The molecule has 0 radical (unpaired) electrons. The normalized spacial score (nSPS) is 44.1. The molecule has 0 amide bonds. The zero-order chi connectivity index (χ0) is 12.5. The van der Waals surface area contributed by atoms with E-state index in [0.29, 0.717) is 0 Å². The van der Waals surface area contributed by atoms with Crippen LogP contribution < -0.4 is 5.73 Å². The van der Waals surface area contributed by atoms with Gasteiger partial charge in [-0.1, -0.05) is 0 Å². The Hall–Kier alpha value is -0.770. The Morgan fingerprint density at radius 2 is 2.06 bits per heavy atom. The number of hydrogen-bond acceptors (Lipinski definition) is 8. The van der Waals surface area contributed by atoms with Crippen LogP contribution in [0.1, 0.15) is 6.92 Å². The molecular formula is C8H15NO7. The third-order valence-corrected chi connectivity index (χ3v) is 2.31. The van der Waals surface area contributed by atoms with Crippen molar-refractivity contribution in [2.24, 2.45) is 5.73 Å². The zero-order valence-electron chi connectivity index (χ0n) is 8.61. The van der Waals surface area contributed by atoms with Crippen LogP contribution in [0.2, 0.25) is 0 Å². The molecule has 1 saturated heterocycles. The third-order valence-electron chi connectivity index (χ3n) is 2.31. The Morgan fingerprint density at radius 3 is 2.50 bits per heavy atom. The molecule has 0 aromatic carbocycles. The van der Waals surface area contributed by atoms with Crippen molar-refractivity contribution < 1.29 is 34.7 Å². The van der Waals surface area contributed by atoms with E-state index in [4.69, 9.17) is 15.6 Å². The molecule has 1 heterocycles. The average Bonchev–Trinajstić information content (AvgIpc) is 2.20. The van der Waals surface area contributed by atoms with Gasteiger partial charge in [0.1, 0.15) is 24.4 Å². The minimum atomic E-state index is -2.56. The highest BCUT2D eigenvalue weighted by Gasteiger charge is 2.54. The number of carbonyl (C=O) groups is 1. The van der Waals surface area contributed by atoms with Crippen LogP contribution in [-0.2, 0) is 14.3 Å². The van der Waals surface area contributed by atoms with E-state index in [1.165, 1.54) is 0 Å². The molecule has 0 saturated carbocycles. The van der Waals surface area contributed by atoms with Gasteiger partial charge in [-0.15, -0.1) is 0 Å². The van der Waals surface area contributed by atoms with Crippen LogP contribution in [0, 0.1) is 0 Å². The molecule has 1 aliphatic rings. The van der Waals surface area contributed by atoms with Gasteiger partial charge in [-0.05, 0) is 0 Å². The number of ether oxygens (including phenoxy) is 2. The van der Waals surface area contributed by atoms with E-state index in [0.717, 1.165) is 6.92 Å².